The second kappa shape index (κ2) is 8.42. The molecule has 8 heteroatoms. The number of halogens is 2. The standard InChI is InChI=1S/C22H17Cl2N3O3/c23-16-7-3-1-5-14(16)18-9-10-19(22(29)30)27(18)21(28)13-11-25-20(26-12-13)15-6-2-4-8-17(15)24/h1-8,11-12,18-19H,9-10H2,(H,29,30)/t18-,19+/m1/s1. The summed E-state index contributed by atoms with van der Waals surface area (Å²) in [6, 6.07) is 12.9. The van der Waals surface area contributed by atoms with Crippen molar-refractivity contribution in [3.8, 4) is 11.4 Å². The number of carbonyl (C=O) groups excluding carboxylic acids is 1. The zero-order chi connectivity index (χ0) is 21.3. The number of rotatable bonds is 4. The van der Waals surface area contributed by atoms with Crippen LogP contribution >= 0.6 is 23.2 Å². The average Bonchev–Trinajstić information content (AvgIpc) is 3.19. The second-order valence-electron chi connectivity index (χ2n) is 6.96. The van der Waals surface area contributed by atoms with Crippen LogP contribution in [0.5, 0.6) is 0 Å². The molecule has 0 aliphatic carbocycles. The maximum Gasteiger partial charge on any atom is 0.326 e. The predicted molar refractivity (Wildman–Crippen MR) is 113 cm³/mol. The summed E-state index contributed by atoms with van der Waals surface area (Å²) >= 11 is 12.5. The van der Waals surface area contributed by atoms with Crippen LogP contribution in [0.2, 0.25) is 10.0 Å². The first kappa shape index (κ1) is 20.3. The van der Waals surface area contributed by atoms with Gasteiger partial charge in [-0.05, 0) is 36.6 Å². The number of likely N-dealkylation sites (tertiary alicyclic amines) is 1. The van der Waals surface area contributed by atoms with E-state index in [0.29, 0.717) is 34.3 Å². The number of amides is 1. The summed E-state index contributed by atoms with van der Waals surface area (Å²) in [6.45, 7) is 0. The summed E-state index contributed by atoms with van der Waals surface area (Å²) in [5.41, 5.74) is 1.58. The van der Waals surface area contributed by atoms with E-state index >= 15 is 0 Å². The molecule has 152 valence electrons. The van der Waals surface area contributed by atoms with Gasteiger partial charge >= 0.3 is 5.97 Å². The predicted octanol–water partition coefficient (Wildman–Crippen LogP) is 4.88. The molecule has 0 spiro atoms. The minimum absolute atomic E-state index is 0.205. The summed E-state index contributed by atoms with van der Waals surface area (Å²) in [6.07, 6.45) is 3.64. The molecule has 0 bridgehead atoms. The van der Waals surface area contributed by atoms with Crippen LogP contribution in [0.3, 0.4) is 0 Å². The number of carboxylic acid groups (broad SMARTS) is 1. The Balaban J connectivity index is 1.68. The number of aromatic nitrogens is 2. The van der Waals surface area contributed by atoms with Crippen molar-refractivity contribution < 1.29 is 14.7 Å². The summed E-state index contributed by atoms with van der Waals surface area (Å²) < 4.78 is 0. The lowest BCUT2D eigenvalue weighted by molar-refractivity contribution is -0.141. The van der Waals surface area contributed by atoms with E-state index in [9.17, 15) is 14.7 Å². The molecule has 0 saturated carbocycles. The average molecular weight is 442 g/mol. The van der Waals surface area contributed by atoms with Gasteiger partial charge in [0.25, 0.3) is 5.91 Å². The third-order valence-corrected chi connectivity index (χ3v) is 5.86. The summed E-state index contributed by atoms with van der Waals surface area (Å²) in [4.78, 5) is 35.0. The lowest BCUT2D eigenvalue weighted by Crippen LogP contribution is -2.42. The van der Waals surface area contributed by atoms with E-state index in [0.717, 1.165) is 5.56 Å². The maximum absolute atomic E-state index is 13.3. The summed E-state index contributed by atoms with van der Waals surface area (Å²) in [5.74, 6) is -1.11. The Kier molecular flexibility index (Phi) is 5.70. The second-order valence-corrected chi connectivity index (χ2v) is 7.77. The van der Waals surface area contributed by atoms with Gasteiger partial charge in [-0.2, -0.15) is 0 Å². The molecule has 1 aromatic heterocycles. The van der Waals surface area contributed by atoms with E-state index < -0.39 is 24.0 Å². The monoisotopic (exact) mass is 441 g/mol. The highest BCUT2D eigenvalue weighted by molar-refractivity contribution is 6.33. The highest BCUT2D eigenvalue weighted by Gasteiger charge is 2.42. The first-order valence-corrected chi connectivity index (χ1v) is 10.1. The molecular formula is C22H17Cl2N3O3. The normalized spacial score (nSPS) is 18.4. The summed E-state index contributed by atoms with van der Waals surface area (Å²) in [5, 5.41) is 10.7. The molecule has 1 N–H and O–H groups in total. The van der Waals surface area contributed by atoms with Gasteiger partial charge in [0.2, 0.25) is 0 Å². The van der Waals surface area contributed by atoms with Gasteiger partial charge in [0.15, 0.2) is 5.82 Å². The lowest BCUT2D eigenvalue weighted by Gasteiger charge is -2.29. The number of hydrogen-bond acceptors (Lipinski definition) is 4. The molecule has 2 atom stereocenters. The molecule has 1 fully saturated rings. The van der Waals surface area contributed by atoms with Crippen molar-refractivity contribution >= 4 is 35.1 Å². The molecule has 2 heterocycles. The molecule has 1 aliphatic heterocycles. The number of hydrogen-bond donors (Lipinski definition) is 1. The Morgan fingerprint density at radius 3 is 2.20 bits per heavy atom. The Morgan fingerprint density at radius 1 is 0.933 bits per heavy atom. The fourth-order valence-electron chi connectivity index (χ4n) is 3.76. The van der Waals surface area contributed by atoms with Crippen LogP contribution in [0.25, 0.3) is 11.4 Å². The van der Waals surface area contributed by atoms with Gasteiger partial charge < -0.3 is 10.0 Å². The van der Waals surface area contributed by atoms with Gasteiger partial charge in [0, 0.05) is 23.0 Å². The van der Waals surface area contributed by atoms with E-state index in [1.54, 1.807) is 30.3 Å². The zero-order valence-corrected chi connectivity index (χ0v) is 17.2. The van der Waals surface area contributed by atoms with Crippen molar-refractivity contribution in [3.63, 3.8) is 0 Å². The number of carbonyl (C=O) groups is 2. The smallest absolute Gasteiger partial charge is 0.326 e. The van der Waals surface area contributed by atoms with E-state index in [-0.39, 0.29) is 5.56 Å². The van der Waals surface area contributed by atoms with Crippen molar-refractivity contribution in [2.75, 3.05) is 0 Å². The van der Waals surface area contributed by atoms with Crippen LogP contribution in [-0.2, 0) is 4.79 Å². The molecule has 1 saturated heterocycles. The number of carboxylic acids is 1. The Bertz CT molecular complexity index is 1100. The maximum atomic E-state index is 13.3. The lowest BCUT2D eigenvalue weighted by atomic mass is 10.0. The SMILES string of the molecule is O=C(O)[C@@H]1CC[C@H](c2ccccc2Cl)N1C(=O)c1cnc(-c2ccccc2Cl)nc1. The quantitative estimate of drug-likeness (QED) is 0.623. The van der Waals surface area contributed by atoms with Crippen molar-refractivity contribution in [2.24, 2.45) is 0 Å². The van der Waals surface area contributed by atoms with Gasteiger partial charge in [0.05, 0.1) is 16.6 Å². The number of nitrogens with zero attached hydrogens (tertiary/aromatic N) is 3. The Labute approximate surface area is 183 Å². The minimum atomic E-state index is -1.05. The van der Waals surface area contributed by atoms with Crippen molar-refractivity contribution in [2.45, 2.75) is 24.9 Å². The molecule has 1 aliphatic rings. The van der Waals surface area contributed by atoms with E-state index in [1.807, 2.05) is 18.2 Å². The van der Waals surface area contributed by atoms with Gasteiger partial charge in [0.1, 0.15) is 6.04 Å². The first-order chi connectivity index (χ1) is 14.5. The molecule has 30 heavy (non-hydrogen) atoms. The largest absolute Gasteiger partial charge is 0.480 e. The van der Waals surface area contributed by atoms with Gasteiger partial charge in [-0.15, -0.1) is 0 Å². The molecule has 6 nitrogen and oxygen atoms in total. The van der Waals surface area contributed by atoms with Crippen LogP contribution in [-0.4, -0.2) is 37.9 Å². The number of benzene rings is 2. The van der Waals surface area contributed by atoms with E-state index in [4.69, 9.17) is 23.2 Å². The van der Waals surface area contributed by atoms with E-state index in [1.165, 1.54) is 17.3 Å². The number of aliphatic carboxylic acids is 1. The highest BCUT2D eigenvalue weighted by Crippen LogP contribution is 2.40. The molecular weight excluding hydrogens is 425 g/mol. The van der Waals surface area contributed by atoms with Crippen LogP contribution in [0.4, 0.5) is 0 Å². The Hall–Kier alpha value is -2.96. The van der Waals surface area contributed by atoms with Gasteiger partial charge in [-0.1, -0.05) is 53.5 Å². The molecule has 4 rings (SSSR count). The third kappa shape index (κ3) is 3.76. The fraction of sp³-hybridized carbons (Fsp3) is 0.182. The first-order valence-electron chi connectivity index (χ1n) is 9.34. The van der Waals surface area contributed by atoms with Gasteiger partial charge in [-0.3, -0.25) is 4.79 Å². The minimum Gasteiger partial charge on any atom is -0.480 e. The van der Waals surface area contributed by atoms with Crippen LogP contribution in [0.1, 0.15) is 34.8 Å². The van der Waals surface area contributed by atoms with Crippen molar-refractivity contribution in [1.29, 1.82) is 0 Å². The van der Waals surface area contributed by atoms with Crippen LogP contribution in [0, 0.1) is 0 Å². The fourth-order valence-corrected chi connectivity index (χ4v) is 4.24. The zero-order valence-electron chi connectivity index (χ0n) is 15.7. The molecule has 1 amide bonds. The molecule has 3 aromatic rings. The van der Waals surface area contributed by atoms with Crippen molar-refractivity contribution in [1.82, 2.24) is 14.9 Å². The van der Waals surface area contributed by atoms with E-state index in [2.05, 4.69) is 9.97 Å². The molecule has 0 radical (unpaired) electrons. The Morgan fingerprint density at radius 2 is 1.57 bits per heavy atom. The molecule has 0 unspecified atom stereocenters. The van der Waals surface area contributed by atoms with Crippen LogP contribution < -0.4 is 0 Å². The van der Waals surface area contributed by atoms with Gasteiger partial charge in [-0.25, -0.2) is 14.8 Å². The highest BCUT2D eigenvalue weighted by atomic mass is 35.5. The van der Waals surface area contributed by atoms with Crippen LogP contribution in [0.15, 0.2) is 60.9 Å². The topological polar surface area (TPSA) is 83.4 Å². The third-order valence-electron chi connectivity index (χ3n) is 5.18. The summed E-state index contributed by atoms with van der Waals surface area (Å²) in [7, 11) is 0. The molecule has 2 aromatic carbocycles. The van der Waals surface area contributed by atoms with Crippen molar-refractivity contribution in [3.05, 3.63) is 82.1 Å².